The molecule has 4 rings (SSSR count). The van der Waals surface area contributed by atoms with Crippen LogP contribution in [0.1, 0.15) is 23.6 Å². The number of amides is 1. The molecule has 2 aliphatic heterocycles. The molecule has 13 heteroatoms. The summed E-state index contributed by atoms with van der Waals surface area (Å²) in [5.74, 6) is -1.45. The van der Waals surface area contributed by atoms with E-state index < -0.39 is 24.1 Å². The number of nitrogens with zero attached hydrogens (tertiary/aromatic N) is 6. The van der Waals surface area contributed by atoms with Gasteiger partial charge in [-0.3, -0.25) is 4.79 Å². The maximum atomic E-state index is 13.0. The van der Waals surface area contributed by atoms with Crippen LogP contribution in [0.2, 0.25) is 0 Å². The molecule has 33 heavy (non-hydrogen) atoms. The molecule has 0 radical (unpaired) electrons. The van der Waals surface area contributed by atoms with Gasteiger partial charge in [-0.2, -0.15) is 32.2 Å². The van der Waals surface area contributed by atoms with E-state index >= 15 is 0 Å². The number of carbonyl (C=O) groups excluding carboxylic acids is 1. The predicted octanol–water partition coefficient (Wildman–Crippen LogP) is 3.17. The van der Waals surface area contributed by atoms with Crippen molar-refractivity contribution in [2.24, 2.45) is 5.92 Å². The standard InChI is InChI=1S/C20H18F5N7O/c21-17(22)18(33)31-4-2-12(10-31)14-6-16(30-19(28-14)32-8-11(7-26)9-32)29-15-5-13(1-3-27-15)20(23,24)25/h1,3,5-6,11-12,17H,2,4,8-10H2,(H,27,28,29,30). The lowest BCUT2D eigenvalue weighted by molar-refractivity contribution is -0.141. The number of pyridine rings is 1. The highest BCUT2D eigenvalue weighted by Crippen LogP contribution is 2.33. The molecule has 0 aliphatic carbocycles. The van der Waals surface area contributed by atoms with Crippen LogP contribution in [0.4, 0.5) is 39.5 Å². The maximum absolute atomic E-state index is 13.0. The molecule has 0 spiro atoms. The summed E-state index contributed by atoms with van der Waals surface area (Å²) in [7, 11) is 0. The molecule has 1 N–H and O–H groups in total. The molecule has 0 saturated carbocycles. The number of nitriles is 1. The zero-order chi connectivity index (χ0) is 23.8. The number of carbonyl (C=O) groups is 1. The molecule has 0 aromatic carbocycles. The number of halogens is 5. The van der Waals surface area contributed by atoms with Gasteiger partial charge < -0.3 is 15.1 Å². The van der Waals surface area contributed by atoms with Crippen molar-refractivity contribution < 1.29 is 26.7 Å². The fourth-order valence-corrected chi connectivity index (χ4v) is 3.74. The van der Waals surface area contributed by atoms with Gasteiger partial charge in [0, 0.05) is 44.4 Å². The summed E-state index contributed by atoms with van der Waals surface area (Å²) in [6.07, 6.45) is -6.23. The van der Waals surface area contributed by atoms with E-state index in [2.05, 4.69) is 26.3 Å². The highest BCUT2D eigenvalue weighted by atomic mass is 19.4. The Kier molecular flexibility index (Phi) is 6.01. The van der Waals surface area contributed by atoms with E-state index in [1.807, 2.05) is 0 Å². The van der Waals surface area contributed by atoms with E-state index in [0.29, 0.717) is 25.2 Å². The van der Waals surface area contributed by atoms with Crippen molar-refractivity contribution in [3.05, 3.63) is 35.7 Å². The van der Waals surface area contributed by atoms with Crippen molar-refractivity contribution in [1.82, 2.24) is 19.9 Å². The van der Waals surface area contributed by atoms with E-state index in [9.17, 15) is 26.7 Å². The third-order valence-corrected chi connectivity index (χ3v) is 5.53. The Morgan fingerprint density at radius 3 is 2.61 bits per heavy atom. The molecular weight excluding hydrogens is 449 g/mol. The van der Waals surface area contributed by atoms with E-state index in [0.717, 1.165) is 23.2 Å². The van der Waals surface area contributed by atoms with Gasteiger partial charge in [0.1, 0.15) is 11.6 Å². The lowest BCUT2D eigenvalue weighted by Crippen LogP contribution is -2.47. The molecule has 2 fully saturated rings. The lowest BCUT2D eigenvalue weighted by atomic mass is 10.0. The van der Waals surface area contributed by atoms with E-state index in [4.69, 9.17) is 5.26 Å². The Balaban J connectivity index is 1.61. The summed E-state index contributed by atoms with van der Waals surface area (Å²) >= 11 is 0. The second kappa shape index (κ2) is 8.76. The summed E-state index contributed by atoms with van der Waals surface area (Å²) in [5.41, 5.74) is -0.425. The molecule has 0 bridgehead atoms. The Hall–Kier alpha value is -3.56. The summed E-state index contributed by atoms with van der Waals surface area (Å²) in [6, 6.07) is 5.33. The topological polar surface area (TPSA) is 98.0 Å². The van der Waals surface area contributed by atoms with Crippen LogP contribution in [0.5, 0.6) is 0 Å². The first-order chi connectivity index (χ1) is 15.6. The lowest BCUT2D eigenvalue weighted by Gasteiger charge is -2.35. The van der Waals surface area contributed by atoms with Gasteiger partial charge in [0.2, 0.25) is 5.95 Å². The molecule has 1 amide bonds. The van der Waals surface area contributed by atoms with Crippen LogP contribution in [-0.2, 0) is 11.0 Å². The monoisotopic (exact) mass is 467 g/mol. The molecule has 2 saturated heterocycles. The summed E-state index contributed by atoms with van der Waals surface area (Å²) in [6.45, 7) is 0.969. The van der Waals surface area contributed by atoms with Crippen molar-refractivity contribution in [1.29, 1.82) is 5.26 Å². The summed E-state index contributed by atoms with van der Waals surface area (Å²) in [4.78, 5) is 27.2. The number of rotatable bonds is 5. The maximum Gasteiger partial charge on any atom is 0.416 e. The number of aromatic nitrogens is 3. The second-order valence-corrected chi connectivity index (χ2v) is 7.83. The average molecular weight is 467 g/mol. The van der Waals surface area contributed by atoms with Gasteiger partial charge in [0.25, 0.3) is 5.91 Å². The molecule has 1 unspecified atom stereocenters. The number of likely N-dealkylation sites (tertiary alicyclic amines) is 1. The van der Waals surface area contributed by atoms with Gasteiger partial charge in [-0.15, -0.1) is 0 Å². The Morgan fingerprint density at radius 1 is 1.18 bits per heavy atom. The SMILES string of the molecule is N#CC1CN(c2nc(Nc3cc(C(F)(F)F)ccn3)cc(C3CCN(C(=O)C(F)F)C3)n2)C1. The first-order valence-corrected chi connectivity index (χ1v) is 10.0. The first-order valence-electron chi connectivity index (χ1n) is 10.0. The van der Waals surface area contributed by atoms with Gasteiger partial charge in [-0.25, -0.2) is 9.97 Å². The largest absolute Gasteiger partial charge is 0.416 e. The minimum Gasteiger partial charge on any atom is -0.338 e. The van der Waals surface area contributed by atoms with Crippen molar-refractivity contribution >= 4 is 23.5 Å². The van der Waals surface area contributed by atoms with Gasteiger partial charge in [0.15, 0.2) is 0 Å². The van der Waals surface area contributed by atoms with E-state index in [1.165, 1.54) is 6.07 Å². The van der Waals surface area contributed by atoms with Crippen LogP contribution in [0.25, 0.3) is 0 Å². The fourth-order valence-electron chi connectivity index (χ4n) is 3.74. The average Bonchev–Trinajstić information content (AvgIpc) is 3.22. The number of hydrogen-bond donors (Lipinski definition) is 1. The van der Waals surface area contributed by atoms with Gasteiger partial charge in [-0.1, -0.05) is 0 Å². The molecule has 1 atom stereocenters. The Labute approximate surface area is 185 Å². The first kappa shape index (κ1) is 22.6. The molecule has 8 nitrogen and oxygen atoms in total. The second-order valence-electron chi connectivity index (χ2n) is 7.83. The highest BCUT2D eigenvalue weighted by Gasteiger charge is 2.34. The third kappa shape index (κ3) is 4.94. The van der Waals surface area contributed by atoms with Crippen LogP contribution < -0.4 is 10.2 Å². The van der Waals surface area contributed by atoms with Crippen LogP contribution >= 0.6 is 0 Å². The minimum absolute atomic E-state index is 0.0433. The fraction of sp³-hybridized carbons (Fsp3) is 0.450. The van der Waals surface area contributed by atoms with E-state index in [-0.39, 0.29) is 42.5 Å². The van der Waals surface area contributed by atoms with Gasteiger partial charge >= 0.3 is 12.6 Å². The summed E-state index contributed by atoms with van der Waals surface area (Å²) < 4.78 is 64.6. The van der Waals surface area contributed by atoms with Crippen molar-refractivity contribution in [3.63, 3.8) is 0 Å². The number of alkyl halides is 5. The van der Waals surface area contributed by atoms with Gasteiger partial charge in [-0.05, 0) is 18.6 Å². The Morgan fingerprint density at radius 2 is 1.94 bits per heavy atom. The van der Waals surface area contributed by atoms with Crippen molar-refractivity contribution in [2.75, 3.05) is 36.4 Å². The number of anilines is 3. The normalized spacial score (nSPS) is 18.9. The zero-order valence-corrected chi connectivity index (χ0v) is 17.1. The summed E-state index contributed by atoms with van der Waals surface area (Å²) in [5, 5.41) is 11.8. The molecule has 2 aromatic heterocycles. The molecular formula is C20H18F5N7O. The van der Waals surface area contributed by atoms with Crippen LogP contribution in [0.3, 0.4) is 0 Å². The van der Waals surface area contributed by atoms with Crippen LogP contribution in [0.15, 0.2) is 24.4 Å². The highest BCUT2D eigenvalue weighted by molar-refractivity contribution is 5.79. The number of hydrogen-bond acceptors (Lipinski definition) is 7. The van der Waals surface area contributed by atoms with Crippen LogP contribution in [-0.4, -0.2) is 58.4 Å². The molecule has 2 aliphatic rings. The molecule has 2 aromatic rings. The van der Waals surface area contributed by atoms with Gasteiger partial charge in [0.05, 0.1) is 23.2 Å². The minimum atomic E-state index is -4.55. The molecule has 4 heterocycles. The third-order valence-electron chi connectivity index (χ3n) is 5.53. The van der Waals surface area contributed by atoms with Crippen LogP contribution in [0, 0.1) is 17.2 Å². The van der Waals surface area contributed by atoms with E-state index in [1.54, 1.807) is 4.90 Å². The van der Waals surface area contributed by atoms with Crippen molar-refractivity contribution in [3.8, 4) is 6.07 Å². The number of nitrogens with one attached hydrogen (secondary N) is 1. The predicted molar refractivity (Wildman–Crippen MR) is 106 cm³/mol. The molecule has 174 valence electrons. The van der Waals surface area contributed by atoms with Crippen molar-refractivity contribution in [2.45, 2.75) is 24.9 Å². The zero-order valence-electron chi connectivity index (χ0n) is 17.1. The quantitative estimate of drug-likeness (QED) is 0.675. The smallest absolute Gasteiger partial charge is 0.338 e. The Bertz CT molecular complexity index is 1080.